The van der Waals surface area contributed by atoms with E-state index >= 15 is 0 Å². The highest BCUT2D eigenvalue weighted by atomic mass is 16.4. The summed E-state index contributed by atoms with van der Waals surface area (Å²) in [6, 6.07) is 1.68. The van der Waals surface area contributed by atoms with E-state index in [0.29, 0.717) is 0 Å². The molecule has 1 aliphatic rings. The number of anilines is 1. The van der Waals surface area contributed by atoms with E-state index in [9.17, 15) is 0 Å². The van der Waals surface area contributed by atoms with Gasteiger partial charge in [0.05, 0.1) is 5.69 Å². The van der Waals surface area contributed by atoms with Crippen LogP contribution in [0.1, 0.15) is 0 Å². The first-order valence-corrected chi connectivity index (χ1v) is 5.05. The summed E-state index contributed by atoms with van der Waals surface area (Å²) in [5.41, 5.74) is 1.12. The Balaban J connectivity index is 2.03. The maximum atomic E-state index is 8.91. The molecule has 0 amide bonds. The van der Waals surface area contributed by atoms with Gasteiger partial charge < -0.3 is 24.3 Å². The summed E-state index contributed by atoms with van der Waals surface area (Å²) in [5.74, 6) is 0. The second kappa shape index (κ2) is 4.26. The fourth-order valence-corrected chi connectivity index (χ4v) is 1.71. The van der Waals surface area contributed by atoms with Crippen LogP contribution in [-0.2, 0) is 0 Å². The van der Waals surface area contributed by atoms with Crippen LogP contribution >= 0.6 is 0 Å². The van der Waals surface area contributed by atoms with Crippen LogP contribution < -0.4 is 10.6 Å². The summed E-state index contributed by atoms with van der Waals surface area (Å²) in [5, 5.41) is 17.8. The molecule has 2 heterocycles. The molecular formula is C9H15BN2O3. The number of likely N-dealkylation sites (N-methyl/N-ethyl adjacent to an activating group) is 1. The van der Waals surface area contributed by atoms with Crippen molar-refractivity contribution in [3.63, 3.8) is 0 Å². The summed E-state index contributed by atoms with van der Waals surface area (Å²) in [6.45, 7) is 3.92. The molecular weight excluding hydrogens is 195 g/mol. The molecule has 2 N–H and O–H groups in total. The topological polar surface area (TPSA) is 60.1 Å². The van der Waals surface area contributed by atoms with Crippen LogP contribution in [0.15, 0.2) is 16.7 Å². The summed E-state index contributed by atoms with van der Waals surface area (Å²) >= 11 is 0. The zero-order chi connectivity index (χ0) is 10.8. The minimum Gasteiger partial charge on any atom is -0.471 e. The molecule has 0 atom stereocenters. The van der Waals surface area contributed by atoms with E-state index in [1.165, 1.54) is 0 Å². The number of nitrogens with zero attached hydrogens (tertiary/aromatic N) is 2. The SMILES string of the molecule is CN1CCN(c2coc(B(O)O)c2)CC1. The van der Waals surface area contributed by atoms with Crippen LogP contribution in [0.3, 0.4) is 0 Å². The quantitative estimate of drug-likeness (QED) is 0.595. The van der Waals surface area contributed by atoms with Gasteiger partial charge in [0.25, 0.3) is 0 Å². The van der Waals surface area contributed by atoms with Crippen LogP contribution in [-0.4, -0.2) is 55.3 Å². The maximum Gasteiger partial charge on any atom is 0.526 e. The standard InChI is InChI=1S/C9H15BN2O3/c1-11-2-4-12(5-3-11)8-6-9(10(13)14)15-7-8/h6-7,13-14H,2-5H2,1H3. The molecule has 1 fully saturated rings. The highest BCUT2D eigenvalue weighted by Gasteiger charge is 2.20. The second-order valence-electron chi connectivity index (χ2n) is 3.87. The van der Waals surface area contributed by atoms with Crippen molar-refractivity contribution in [2.75, 3.05) is 38.1 Å². The van der Waals surface area contributed by atoms with Crippen molar-refractivity contribution in [3.05, 3.63) is 12.3 Å². The van der Waals surface area contributed by atoms with E-state index in [-0.39, 0.29) is 5.66 Å². The number of rotatable bonds is 2. The average Bonchev–Trinajstić information content (AvgIpc) is 2.68. The first kappa shape index (κ1) is 10.5. The van der Waals surface area contributed by atoms with Gasteiger partial charge in [0.2, 0.25) is 0 Å². The molecule has 1 saturated heterocycles. The molecule has 0 radical (unpaired) electrons. The highest BCUT2D eigenvalue weighted by molar-refractivity contribution is 6.57. The third-order valence-corrected chi connectivity index (χ3v) is 2.73. The molecule has 15 heavy (non-hydrogen) atoms. The van der Waals surface area contributed by atoms with Gasteiger partial charge in [-0.3, -0.25) is 0 Å². The van der Waals surface area contributed by atoms with Crippen LogP contribution in [0, 0.1) is 0 Å². The van der Waals surface area contributed by atoms with Crippen molar-refractivity contribution >= 4 is 18.5 Å². The Kier molecular flexibility index (Phi) is 2.99. The zero-order valence-corrected chi connectivity index (χ0v) is 8.76. The highest BCUT2D eigenvalue weighted by Crippen LogP contribution is 2.15. The molecule has 1 aliphatic heterocycles. The van der Waals surface area contributed by atoms with Gasteiger partial charge in [-0.25, -0.2) is 0 Å². The summed E-state index contributed by atoms with van der Waals surface area (Å²) in [7, 11) is 0.571. The van der Waals surface area contributed by atoms with E-state index in [1.54, 1.807) is 12.3 Å². The molecule has 1 aromatic heterocycles. The number of furan rings is 1. The Hall–Kier alpha value is -0.975. The molecule has 5 nitrogen and oxygen atoms in total. The molecule has 82 valence electrons. The van der Waals surface area contributed by atoms with Gasteiger partial charge in [0, 0.05) is 26.2 Å². The van der Waals surface area contributed by atoms with Gasteiger partial charge in [-0.15, -0.1) is 0 Å². The van der Waals surface area contributed by atoms with E-state index < -0.39 is 7.12 Å². The maximum absolute atomic E-state index is 8.91. The van der Waals surface area contributed by atoms with Gasteiger partial charge in [-0.1, -0.05) is 0 Å². The Morgan fingerprint density at radius 1 is 1.27 bits per heavy atom. The van der Waals surface area contributed by atoms with Gasteiger partial charge in [-0.2, -0.15) is 0 Å². The van der Waals surface area contributed by atoms with Gasteiger partial charge in [0.15, 0.2) is 0 Å². The Labute approximate surface area is 89.0 Å². The van der Waals surface area contributed by atoms with E-state index in [1.807, 2.05) is 0 Å². The molecule has 2 rings (SSSR count). The van der Waals surface area contributed by atoms with E-state index in [0.717, 1.165) is 31.9 Å². The molecule has 1 aromatic rings. The Morgan fingerprint density at radius 2 is 1.93 bits per heavy atom. The summed E-state index contributed by atoms with van der Waals surface area (Å²) in [6.07, 6.45) is 1.57. The zero-order valence-electron chi connectivity index (χ0n) is 8.76. The molecule has 0 spiro atoms. The largest absolute Gasteiger partial charge is 0.526 e. The molecule has 0 aliphatic carbocycles. The van der Waals surface area contributed by atoms with Crippen molar-refractivity contribution in [2.45, 2.75) is 0 Å². The van der Waals surface area contributed by atoms with Gasteiger partial charge in [-0.05, 0) is 13.1 Å². The average molecular weight is 210 g/mol. The van der Waals surface area contributed by atoms with Crippen molar-refractivity contribution < 1.29 is 14.5 Å². The number of hydrogen-bond donors (Lipinski definition) is 2. The Bertz CT molecular complexity index is 321. The lowest BCUT2D eigenvalue weighted by Gasteiger charge is -2.32. The second-order valence-corrected chi connectivity index (χ2v) is 3.87. The van der Waals surface area contributed by atoms with Gasteiger partial charge >= 0.3 is 7.12 Å². The summed E-state index contributed by atoms with van der Waals surface area (Å²) < 4.78 is 5.05. The predicted octanol–water partition coefficient (Wildman–Crippen LogP) is -1.29. The Morgan fingerprint density at radius 3 is 2.47 bits per heavy atom. The summed E-state index contributed by atoms with van der Waals surface area (Å²) in [4.78, 5) is 4.44. The van der Waals surface area contributed by atoms with E-state index in [2.05, 4.69) is 16.8 Å². The first-order valence-electron chi connectivity index (χ1n) is 5.05. The number of hydrogen-bond acceptors (Lipinski definition) is 5. The molecule has 0 bridgehead atoms. The molecule has 6 heteroatoms. The van der Waals surface area contributed by atoms with Crippen molar-refractivity contribution in [3.8, 4) is 0 Å². The number of piperazine rings is 1. The lowest BCUT2D eigenvalue weighted by atomic mass is 9.88. The van der Waals surface area contributed by atoms with Crippen molar-refractivity contribution in [2.24, 2.45) is 0 Å². The van der Waals surface area contributed by atoms with Crippen LogP contribution in [0.2, 0.25) is 0 Å². The fraction of sp³-hybridized carbons (Fsp3) is 0.556. The van der Waals surface area contributed by atoms with Crippen LogP contribution in [0.25, 0.3) is 0 Å². The van der Waals surface area contributed by atoms with E-state index in [4.69, 9.17) is 14.5 Å². The van der Waals surface area contributed by atoms with Crippen LogP contribution in [0.4, 0.5) is 5.69 Å². The van der Waals surface area contributed by atoms with Gasteiger partial charge in [0.1, 0.15) is 11.9 Å². The lowest BCUT2D eigenvalue weighted by molar-refractivity contribution is 0.312. The lowest BCUT2D eigenvalue weighted by Crippen LogP contribution is -2.44. The normalized spacial score (nSPS) is 18.2. The first-order chi connectivity index (χ1) is 7.16. The van der Waals surface area contributed by atoms with Crippen LogP contribution in [0.5, 0.6) is 0 Å². The fourth-order valence-electron chi connectivity index (χ4n) is 1.71. The van der Waals surface area contributed by atoms with Crippen molar-refractivity contribution in [1.29, 1.82) is 0 Å². The minimum atomic E-state index is -1.52. The van der Waals surface area contributed by atoms with Crippen molar-refractivity contribution in [1.82, 2.24) is 4.90 Å². The monoisotopic (exact) mass is 210 g/mol. The third-order valence-electron chi connectivity index (χ3n) is 2.73. The smallest absolute Gasteiger partial charge is 0.471 e. The predicted molar refractivity (Wildman–Crippen MR) is 58.2 cm³/mol. The molecule has 0 saturated carbocycles. The minimum absolute atomic E-state index is 0.198. The molecule has 0 aromatic carbocycles. The molecule has 0 unspecified atom stereocenters. The third kappa shape index (κ3) is 2.34.